The molecule has 0 spiro atoms. The molecular weight excluding hydrogens is 344 g/mol. The van der Waals surface area contributed by atoms with Crippen LogP contribution in [0.3, 0.4) is 0 Å². The molecule has 0 radical (unpaired) electrons. The molecule has 2 N–H and O–H groups in total. The molecule has 0 saturated carbocycles. The van der Waals surface area contributed by atoms with Crippen molar-refractivity contribution in [1.82, 2.24) is 20.2 Å². The second-order valence-electron chi connectivity index (χ2n) is 6.60. The van der Waals surface area contributed by atoms with Gasteiger partial charge in [-0.25, -0.2) is 4.98 Å². The average molecular weight is 372 g/mol. The van der Waals surface area contributed by atoms with Gasteiger partial charge in [0.15, 0.2) is 0 Å². The number of benzene rings is 1. The summed E-state index contributed by atoms with van der Waals surface area (Å²) in [4.78, 5) is 28.9. The number of ether oxygens (including phenoxy) is 1. The minimum Gasteiger partial charge on any atom is -0.494 e. The summed E-state index contributed by atoms with van der Waals surface area (Å²) in [5, 5.41) is 5.73. The number of rotatable bonds is 10. The number of carbonyl (C=O) groups is 2. The number of imidazole rings is 1. The third-order valence-electron chi connectivity index (χ3n) is 4.11. The molecule has 1 aromatic carbocycles. The Morgan fingerprint density at radius 3 is 2.56 bits per heavy atom. The Balaban J connectivity index is 1.85. The van der Waals surface area contributed by atoms with Crippen molar-refractivity contribution in [3.05, 3.63) is 48.5 Å². The summed E-state index contributed by atoms with van der Waals surface area (Å²) < 4.78 is 7.34. The van der Waals surface area contributed by atoms with Gasteiger partial charge in [0.25, 0.3) is 5.91 Å². The van der Waals surface area contributed by atoms with Crippen LogP contribution in [0.2, 0.25) is 0 Å². The van der Waals surface area contributed by atoms with Crippen molar-refractivity contribution in [2.24, 2.45) is 5.92 Å². The summed E-state index contributed by atoms with van der Waals surface area (Å²) in [5.74, 6) is 0.246. The van der Waals surface area contributed by atoms with E-state index in [2.05, 4.69) is 15.6 Å². The van der Waals surface area contributed by atoms with E-state index < -0.39 is 6.04 Å². The summed E-state index contributed by atoms with van der Waals surface area (Å²) in [7, 11) is 0. The van der Waals surface area contributed by atoms with Crippen LogP contribution in [0.1, 0.15) is 37.6 Å². The van der Waals surface area contributed by atoms with Crippen molar-refractivity contribution in [3.8, 4) is 5.75 Å². The van der Waals surface area contributed by atoms with Crippen molar-refractivity contribution in [2.75, 3.05) is 13.2 Å². The Bertz CT molecular complexity index is 711. The van der Waals surface area contributed by atoms with Crippen molar-refractivity contribution >= 4 is 11.8 Å². The SMILES string of the molecule is CCOc1ccc(C(=O)NC(C(=O)NCCCn2ccnc2)C(C)C)cc1. The maximum absolute atomic E-state index is 12.5. The molecule has 0 bridgehead atoms. The fraction of sp³-hybridized carbons (Fsp3) is 0.450. The van der Waals surface area contributed by atoms with Crippen molar-refractivity contribution in [2.45, 2.75) is 39.8 Å². The number of aromatic nitrogens is 2. The van der Waals surface area contributed by atoms with E-state index in [9.17, 15) is 9.59 Å². The van der Waals surface area contributed by atoms with Gasteiger partial charge >= 0.3 is 0 Å². The molecular formula is C20H28N4O3. The molecule has 27 heavy (non-hydrogen) atoms. The quantitative estimate of drug-likeness (QED) is 0.627. The highest BCUT2D eigenvalue weighted by atomic mass is 16.5. The van der Waals surface area contributed by atoms with Gasteiger partial charge < -0.3 is 19.9 Å². The lowest BCUT2D eigenvalue weighted by Gasteiger charge is -2.22. The summed E-state index contributed by atoms with van der Waals surface area (Å²) >= 11 is 0. The number of nitrogens with zero attached hydrogens (tertiary/aromatic N) is 2. The molecule has 0 aliphatic heterocycles. The fourth-order valence-electron chi connectivity index (χ4n) is 2.63. The van der Waals surface area contributed by atoms with Crippen LogP contribution in [-0.4, -0.2) is 40.6 Å². The first-order valence-electron chi connectivity index (χ1n) is 9.28. The lowest BCUT2D eigenvalue weighted by molar-refractivity contribution is -0.123. The highest BCUT2D eigenvalue weighted by Crippen LogP contribution is 2.13. The van der Waals surface area contributed by atoms with Gasteiger partial charge in [0.1, 0.15) is 11.8 Å². The third-order valence-corrected chi connectivity index (χ3v) is 4.11. The van der Waals surface area contributed by atoms with E-state index in [-0.39, 0.29) is 17.7 Å². The lowest BCUT2D eigenvalue weighted by atomic mass is 10.0. The Morgan fingerprint density at radius 2 is 1.96 bits per heavy atom. The maximum atomic E-state index is 12.5. The standard InChI is InChI=1S/C20H28N4O3/c1-4-27-17-8-6-16(7-9-17)19(25)23-18(15(2)3)20(26)22-10-5-12-24-13-11-21-14-24/h6-9,11,13-15,18H,4-5,10,12H2,1-3H3,(H,22,26)(H,23,25). The van der Waals surface area contributed by atoms with E-state index in [1.54, 1.807) is 36.8 Å². The van der Waals surface area contributed by atoms with E-state index >= 15 is 0 Å². The van der Waals surface area contributed by atoms with Gasteiger partial charge in [-0.15, -0.1) is 0 Å². The van der Waals surface area contributed by atoms with Crippen LogP contribution in [-0.2, 0) is 11.3 Å². The zero-order chi connectivity index (χ0) is 19.6. The molecule has 7 nitrogen and oxygen atoms in total. The van der Waals surface area contributed by atoms with E-state index in [1.807, 2.05) is 31.5 Å². The zero-order valence-electron chi connectivity index (χ0n) is 16.1. The number of hydrogen-bond acceptors (Lipinski definition) is 4. The van der Waals surface area contributed by atoms with Gasteiger partial charge in [-0.1, -0.05) is 13.8 Å². The lowest BCUT2D eigenvalue weighted by Crippen LogP contribution is -2.49. The van der Waals surface area contributed by atoms with Crippen LogP contribution < -0.4 is 15.4 Å². The van der Waals surface area contributed by atoms with Crippen molar-refractivity contribution < 1.29 is 14.3 Å². The van der Waals surface area contributed by atoms with E-state index in [0.29, 0.717) is 24.5 Å². The van der Waals surface area contributed by atoms with Gasteiger partial charge in [0.05, 0.1) is 12.9 Å². The summed E-state index contributed by atoms with van der Waals surface area (Å²) in [6.45, 7) is 7.62. The third kappa shape index (κ3) is 6.44. The monoisotopic (exact) mass is 372 g/mol. The van der Waals surface area contributed by atoms with Crippen molar-refractivity contribution in [3.63, 3.8) is 0 Å². The van der Waals surface area contributed by atoms with Crippen LogP contribution in [0.4, 0.5) is 0 Å². The molecule has 1 unspecified atom stereocenters. The topological polar surface area (TPSA) is 85.2 Å². The van der Waals surface area contributed by atoms with Gasteiger partial charge in [0.2, 0.25) is 5.91 Å². The first-order chi connectivity index (χ1) is 13.0. The Morgan fingerprint density at radius 1 is 1.22 bits per heavy atom. The molecule has 2 aromatic rings. The number of carbonyl (C=O) groups excluding carboxylic acids is 2. The van der Waals surface area contributed by atoms with Crippen LogP contribution in [0.15, 0.2) is 43.0 Å². The highest BCUT2D eigenvalue weighted by molar-refractivity contribution is 5.97. The Kier molecular flexibility index (Phi) is 7.85. The smallest absolute Gasteiger partial charge is 0.251 e. The molecule has 1 aromatic heterocycles. The molecule has 2 amide bonds. The van der Waals surface area contributed by atoms with E-state index in [4.69, 9.17) is 4.74 Å². The molecule has 0 saturated heterocycles. The van der Waals surface area contributed by atoms with Crippen LogP contribution in [0.25, 0.3) is 0 Å². The fourth-order valence-corrected chi connectivity index (χ4v) is 2.63. The minimum atomic E-state index is -0.586. The summed E-state index contributed by atoms with van der Waals surface area (Å²) in [6, 6.07) is 6.30. The van der Waals surface area contributed by atoms with Crippen LogP contribution in [0.5, 0.6) is 5.75 Å². The predicted molar refractivity (Wildman–Crippen MR) is 104 cm³/mol. The largest absolute Gasteiger partial charge is 0.494 e. The van der Waals surface area contributed by atoms with Crippen LogP contribution in [0, 0.1) is 5.92 Å². The van der Waals surface area contributed by atoms with E-state index in [0.717, 1.165) is 13.0 Å². The number of aryl methyl sites for hydroxylation is 1. The second-order valence-corrected chi connectivity index (χ2v) is 6.60. The molecule has 1 heterocycles. The predicted octanol–water partition coefficient (Wildman–Crippen LogP) is 2.24. The second kappa shape index (κ2) is 10.4. The number of amides is 2. The minimum absolute atomic E-state index is 0.0229. The van der Waals surface area contributed by atoms with E-state index in [1.165, 1.54) is 0 Å². The van der Waals surface area contributed by atoms with Gasteiger partial charge in [-0.2, -0.15) is 0 Å². The first-order valence-corrected chi connectivity index (χ1v) is 9.28. The first kappa shape index (κ1) is 20.5. The zero-order valence-corrected chi connectivity index (χ0v) is 16.1. The molecule has 0 aliphatic rings. The summed E-state index contributed by atoms with van der Waals surface area (Å²) in [5.41, 5.74) is 0.497. The molecule has 1 atom stereocenters. The Hall–Kier alpha value is -2.83. The molecule has 146 valence electrons. The van der Waals surface area contributed by atoms with Gasteiger partial charge in [-0.05, 0) is 43.5 Å². The van der Waals surface area contributed by atoms with Gasteiger partial charge in [0, 0.05) is 31.0 Å². The maximum Gasteiger partial charge on any atom is 0.251 e. The van der Waals surface area contributed by atoms with Gasteiger partial charge in [-0.3, -0.25) is 9.59 Å². The van der Waals surface area contributed by atoms with Crippen molar-refractivity contribution in [1.29, 1.82) is 0 Å². The normalized spacial score (nSPS) is 11.9. The number of hydrogen-bond donors (Lipinski definition) is 2. The molecule has 2 rings (SSSR count). The Labute approximate surface area is 160 Å². The molecule has 7 heteroatoms. The van der Waals surface area contributed by atoms with Crippen LogP contribution >= 0.6 is 0 Å². The average Bonchev–Trinajstić information content (AvgIpc) is 3.17. The number of nitrogens with one attached hydrogen (secondary N) is 2. The molecule has 0 aliphatic carbocycles. The summed E-state index contributed by atoms with van der Waals surface area (Å²) in [6.07, 6.45) is 6.15. The highest BCUT2D eigenvalue weighted by Gasteiger charge is 2.24. The molecule has 0 fully saturated rings.